The summed E-state index contributed by atoms with van der Waals surface area (Å²) in [7, 11) is 0. The van der Waals surface area contributed by atoms with Crippen LogP contribution < -0.4 is 5.90 Å². The van der Waals surface area contributed by atoms with Crippen LogP contribution in [0.25, 0.3) is 0 Å². The average molecular weight is 115 g/mol. The van der Waals surface area contributed by atoms with Crippen LogP contribution in [-0.4, -0.2) is 5.60 Å². The van der Waals surface area contributed by atoms with Gasteiger partial charge in [-0.3, -0.25) is 4.84 Å². The highest BCUT2D eigenvalue weighted by Crippen LogP contribution is 2.40. The molecule has 0 bridgehead atoms. The van der Waals surface area contributed by atoms with Crippen molar-refractivity contribution < 1.29 is 4.84 Å². The first kappa shape index (κ1) is 6.05. The van der Waals surface area contributed by atoms with Crippen LogP contribution in [0.15, 0.2) is 0 Å². The zero-order valence-electron chi connectivity index (χ0n) is 5.48. The lowest BCUT2D eigenvalue weighted by Crippen LogP contribution is -2.30. The first-order valence-corrected chi connectivity index (χ1v) is 3.04. The summed E-state index contributed by atoms with van der Waals surface area (Å²) in [5.74, 6) is 5.76. The van der Waals surface area contributed by atoms with Crippen molar-refractivity contribution in [1.82, 2.24) is 0 Å². The van der Waals surface area contributed by atoms with Crippen molar-refractivity contribution in [2.45, 2.75) is 32.3 Å². The minimum absolute atomic E-state index is 0.0694. The van der Waals surface area contributed by atoms with Crippen molar-refractivity contribution in [2.24, 2.45) is 11.8 Å². The number of hydrogen-bond donors (Lipinski definition) is 1. The van der Waals surface area contributed by atoms with Gasteiger partial charge in [0.15, 0.2) is 0 Å². The Bertz CT molecular complexity index is 86.5. The van der Waals surface area contributed by atoms with E-state index in [1.54, 1.807) is 0 Å². The summed E-state index contributed by atoms with van der Waals surface area (Å²) in [5, 5.41) is 0. The maximum atomic E-state index is 5.05. The fourth-order valence-electron chi connectivity index (χ4n) is 0.875. The third-order valence-corrected chi connectivity index (χ3v) is 1.86. The molecule has 0 aromatic heterocycles. The van der Waals surface area contributed by atoms with E-state index >= 15 is 0 Å². The van der Waals surface area contributed by atoms with Crippen LogP contribution in [-0.2, 0) is 4.84 Å². The van der Waals surface area contributed by atoms with Crippen LogP contribution in [0.5, 0.6) is 0 Å². The lowest BCUT2D eigenvalue weighted by atomic mass is 10.0. The smallest absolute Gasteiger partial charge is 0.0865 e. The van der Waals surface area contributed by atoms with E-state index in [0.717, 1.165) is 0 Å². The van der Waals surface area contributed by atoms with Crippen molar-refractivity contribution in [1.29, 1.82) is 0 Å². The van der Waals surface area contributed by atoms with Crippen LogP contribution in [0.3, 0.4) is 0 Å². The molecule has 0 atom stereocenters. The van der Waals surface area contributed by atoms with Gasteiger partial charge in [0, 0.05) is 0 Å². The summed E-state index contributed by atoms with van der Waals surface area (Å²) in [5.41, 5.74) is -0.0694. The summed E-state index contributed by atoms with van der Waals surface area (Å²) in [6.45, 7) is 4.06. The molecule has 0 aromatic rings. The van der Waals surface area contributed by atoms with Crippen molar-refractivity contribution in [3.05, 3.63) is 0 Å². The molecule has 0 heterocycles. The highest BCUT2D eigenvalue weighted by Gasteiger charge is 2.38. The molecule has 8 heavy (non-hydrogen) atoms. The Balaban J connectivity index is 2.37. The fourth-order valence-corrected chi connectivity index (χ4v) is 0.875. The maximum absolute atomic E-state index is 5.05. The zero-order valence-corrected chi connectivity index (χ0v) is 5.48. The van der Waals surface area contributed by atoms with Crippen LogP contribution >= 0.6 is 0 Å². The molecule has 1 aliphatic carbocycles. The molecule has 2 N–H and O–H groups in total. The summed E-state index contributed by atoms with van der Waals surface area (Å²) in [6, 6.07) is 0. The number of rotatable bonds is 2. The monoisotopic (exact) mass is 115 g/mol. The van der Waals surface area contributed by atoms with Crippen LogP contribution in [0.2, 0.25) is 0 Å². The van der Waals surface area contributed by atoms with E-state index in [2.05, 4.69) is 0 Å². The molecule has 2 heteroatoms. The quantitative estimate of drug-likeness (QED) is 0.546. The lowest BCUT2D eigenvalue weighted by Gasteiger charge is -2.20. The Labute approximate surface area is 50.0 Å². The van der Waals surface area contributed by atoms with Crippen LogP contribution in [0.4, 0.5) is 0 Å². The molecular formula is C6H13NO. The molecule has 1 rings (SSSR count). The van der Waals surface area contributed by atoms with Gasteiger partial charge in [0.05, 0.1) is 5.60 Å². The number of hydrogen-bond acceptors (Lipinski definition) is 2. The van der Waals surface area contributed by atoms with Gasteiger partial charge in [-0.25, -0.2) is 5.90 Å². The second kappa shape index (κ2) is 1.71. The SMILES string of the molecule is CC(C)(ON)C1CC1. The number of nitrogens with two attached hydrogens (primary N) is 1. The van der Waals surface area contributed by atoms with E-state index in [1.165, 1.54) is 12.8 Å². The highest BCUT2D eigenvalue weighted by atomic mass is 16.6. The minimum atomic E-state index is -0.0694. The molecule has 0 aliphatic heterocycles. The van der Waals surface area contributed by atoms with Gasteiger partial charge in [-0.05, 0) is 32.6 Å². The van der Waals surface area contributed by atoms with Gasteiger partial charge < -0.3 is 0 Å². The van der Waals surface area contributed by atoms with Crippen LogP contribution in [0, 0.1) is 5.92 Å². The van der Waals surface area contributed by atoms with Crippen molar-refractivity contribution in [3.8, 4) is 0 Å². The zero-order chi connectivity index (χ0) is 6.20. The molecule has 1 aliphatic rings. The normalized spacial score (nSPS) is 21.4. The molecule has 0 amide bonds. The Morgan fingerprint density at radius 2 is 2.00 bits per heavy atom. The summed E-state index contributed by atoms with van der Waals surface area (Å²) in [4.78, 5) is 4.76. The van der Waals surface area contributed by atoms with Crippen molar-refractivity contribution in [3.63, 3.8) is 0 Å². The van der Waals surface area contributed by atoms with E-state index in [-0.39, 0.29) is 5.60 Å². The predicted molar refractivity (Wildman–Crippen MR) is 32.1 cm³/mol. The molecule has 48 valence electrons. The molecular weight excluding hydrogens is 102 g/mol. The molecule has 0 aromatic carbocycles. The predicted octanol–water partition coefficient (Wildman–Crippen LogP) is 1.07. The Morgan fingerprint density at radius 3 is 2.12 bits per heavy atom. The first-order valence-electron chi connectivity index (χ1n) is 3.04. The third-order valence-electron chi connectivity index (χ3n) is 1.86. The minimum Gasteiger partial charge on any atom is -0.298 e. The molecule has 0 saturated heterocycles. The topological polar surface area (TPSA) is 35.2 Å². The molecule has 2 nitrogen and oxygen atoms in total. The highest BCUT2D eigenvalue weighted by molar-refractivity contribution is 4.88. The first-order chi connectivity index (χ1) is 3.67. The van der Waals surface area contributed by atoms with E-state index in [4.69, 9.17) is 10.7 Å². The summed E-state index contributed by atoms with van der Waals surface area (Å²) < 4.78 is 0. The second-order valence-corrected chi connectivity index (χ2v) is 3.00. The van der Waals surface area contributed by atoms with Gasteiger partial charge in [-0.2, -0.15) is 0 Å². The summed E-state index contributed by atoms with van der Waals surface area (Å²) in [6.07, 6.45) is 2.56. The lowest BCUT2D eigenvalue weighted by molar-refractivity contribution is -0.0360. The summed E-state index contributed by atoms with van der Waals surface area (Å²) >= 11 is 0. The molecule has 0 unspecified atom stereocenters. The largest absolute Gasteiger partial charge is 0.298 e. The van der Waals surface area contributed by atoms with Gasteiger partial charge in [0.2, 0.25) is 0 Å². The van der Waals surface area contributed by atoms with Gasteiger partial charge in [0.25, 0.3) is 0 Å². The maximum Gasteiger partial charge on any atom is 0.0865 e. The third kappa shape index (κ3) is 1.01. The Kier molecular flexibility index (Phi) is 1.29. The molecule has 0 radical (unpaired) electrons. The van der Waals surface area contributed by atoms with E-state index in [0.29, 0.717) is 5.92 Å². The molecule has 1 saturated carbocycles. The second-order valence-electron chi connectivity index (χ2n) is 3.00. The standard InChI is InChI=1S/C6H13NO/c1-6(2,8-7)5-3-4-5/h5H,3-4,7H2,1-2H3. The van der Waals surface area contributed by atoms with Crippen molar-refractivity contribution in [2.75, 3.05) is 0 Å². The van der Waals surface area contributed by atoms with E-state index < -0.39 is 0 Å². The van der Waals surface area contributed by atoms with Gasteiger partial charge in [-0.1, -0.05) is 0 Å². The Morgan fingerprint density at radius 1 is 1.50 bits per heavy atom. The van der Waals surface area contributed by atoms with Gasteiger partial charge in [0.1, 0.15) is 0 Å². The van der Waals surface area contributed by atoms with E-state index in [1.807, 2.05) is 13.8 Å². The van der Waals surface area contributed by atoms with E-state index in [9.17, 15) is 0 Å². The van der Waals surface area contributed by atoms with Crippen molar-refractivity contribution >= 4 is 0 Å². The van der Waals surface area contributed by atoms with Crippen LogP contribution in [0.1, 0.15) is 26.7 Å². The fraction of sp³-hybridized carbons (Fsp3) is 1.00. The van der Waals surface area contributed by atoms with Gasteiger partial charge >= 0.3 is 0 Å². The Hall–Kier alpha value is -0.0800. The molecule has 1 fully saturated rings. The molecule has 0 spiro atoms. The van der Waals surface area contributed by atoms with Gasteiger partial charge in [-0.15, -0.1) is 0 Å². The average Bonchev–Trinajstić information content (AvgIpc) is 2.44.